The van der Waals surface area contributed by atoms with E-state index in [0.717, 1.165) is 4.31 Å². The van der Waals surface area contributed by atoms with Gasteiger partial charge in [-0.05, 0) is 18.2 Å². The van der Waals surface area contributed by atoms with E-state index in [2.05, 4.69) is 4.74 Å². The standard InChI is InChI=1S/C13H18ClNO5S/c1-9(13(16)20-4)8-15(2)21(17,18)10-5-6-12(19-3)11(14)7-10/h5-7,9H,8H2,1-4H3. The summed E-state index contributed by atoms with van der Waals surface area (Å²) in [5, 5.41) is 0.202. The molecule has 1 aromatic carbocycles. The molecule has 0 aromatic heterocycles. The molecule has 0 radical (unpaired) electrons. The van der Waals surface area contributed by atoms with Crippen molar-refractivity contribution in [3.63, 3.8) is 0 Å². The topological polar surface area (TPSA) is 72.9 Å². The molecule has 8 heteroatoms. The zero-order valence-electron chi connectivity index (χ0n) is 12.3. The van der Waals surface area contributed by atoms with Gasteiger partial charge in [0.15, 0.2) is 0 Å². The van der Waals surface area contributed by atoms with Gasteiger partial charge in [-0.15, -0.1) is 0 Å². The summed E-state index contributed by atoms with van der Waals surface area (Å²) < 4.78 is 35.5. The van der Waals surface area contributed by atoms with Gasteiger partial charge in [0.1, 0.15) is 5.75 Å². The smallest absolute Gasteiger partial charge is 0.309 e. The zero-order valence-corrected chi connectivity index (χ0v) is 13.9. The quantitative estimate of drug-likeness (QED) is 0.741. The number of esters is 1. The first-order chi connectivity index (χ1) is 9.73. The third kappa shape index (κ3) is 4.09. The van der Waals surface area contributed by atoms with Gasteiger partial charge in [0.25, 0.3) is 0 Å². The summed E-state index contributed by atoms with van der Waals surface area (Å²) >= 11 is 5.94. The molecule has 6 nitrogen and oxygen atoms in total. The van der Waals surface area contributed by atoms with Crippen LogP contribution in [0.15, 0.2) is 23.1 Å². The highest BCUT2D eigenvalue weighted by Crippen LogP contribution is 2.28. The SMILES string of the molecule is COC(=O)C(C)CN(C)S(=O)(=O)c1ccc(OC)c(Cl)c1. The minimum absolute atomic E-state index is 0.0126. The number of methoxy groups -OCH3 is 2. The highest BCUT2D eigenvalue weighted by Gasteiger charge is 2.26. The summed E-state index contributed by atoms with van der Waals surface area (Å²) in [6, 6.07) is 4.20. The molecule has 1 aromatic rings. The molecular weight excluding hydrogens is 318 g/mol. The lowest BCUT2D eigenvalue weighted by Gasteiger charge is -2.20. The van der Waals surface area contributed by atoms with Gasteiger partial charge in [-0.1, -0.05) is 18.5 Å². The molecular formula is C13H18ClNO5S. The average Bonchev–Trinajstić information content (AvgIpc) is 2.45. The third-order valence-corrected chi connectivity index (χ3v) is 5.08. The fourth-order valence-electron chi connectivity index (χ4n) is 1.75. The van der Waals surface area contributed by atoms with Crippen LogP contribution in [0.2, 0.25) is 5.02 Å². The van der Waals surface area contributed by atoms with Gasteiger partial charge in [-0.2, -0.15) is 0 Å². The maximum absolute atomic E-state index is 12.4. The maximum Gasteiger partial charge on any atom is 0.309 e. The van der Waals surface area contributed by atoms with Crippen LogP contribution in [0.1, 0.15) is 6.92 Å². The Bertz CT molecular complexity index is 617. The van der Waals surface area contributed by atoms with Gasteiger partial charge in [0.05, 0.1) is 30.1 Å². The Kier molecular flexibility index (Phi) is 6.00. The molecule has 0 saturated heterocycles. The van der Waals surface area contributed by atoms with Crippen molar-refractivity contribution in [1.82, 2.24) is 4.31 Å². The van der Waals surface area contributed by atoms with Crippen LogP contribution in [0.5, 0.6) is 5.75 Å². The second kappa shape index (κ2) is 7.11. The first-order valence-corrected chi connectivity index (χ1v) is 7.93. The van der Waals surface area contributed by atoms with E-state index in [4.69, 9.17) is 16.3 Å². The Morgan fingerprint density at radius 1 is 1.38 bits per heavy atom. The van der Waals surface area contributed by atoms with Crippen LogP contribution in [0.4, 0.5) is 0 Å². The number of nitrogens with zero attached hydrogens (tertiary/aromatic N) is 1. The van der Waals surface area contributed by atoms with Gasteiger partial charge in [-0.25, -0.2) is 12.7 Å². The summed E-state index contributed by atoms with van der Waals surface area (Å²) in [4.78, 5) is 11.4. The van der Waals surface area contributed by atoms with E-state index in [0.29, 0.717) is 5.75 Å². The number of carbonyl (C=O) groups excluding carboxylic acids is 1. The number of hydrogen-bond acceptors (Lipinski definition) is 5. The van der Waals surface area contributed by atoms with E-state index in [1.165, 1.54) is 39.5 Å². The highest BCUT2D eigenvalue weighted by atomic mass is 35.5. The second-order valence-electron chi connectivity index (χ2n) is 4.51. The Hall–Kier alpha value is -1.31. The monoisotopic (exact) mass is 335 g/mol. The fourth-order valence-corrected chi connectivity index (χ4v) is 3.36. The molecule has 0 amide bonds. The Morgan fingerprint density at radius 2 is 2.00 bits per heavy atom. The van der Waals surface area contributed by atoms with Crippen molar-refractivity contribution in [3.8, 4) is 5.75 Å². The summed E-state index contributed by atoms with van der Waals surface area (Å²) in [5.74, 6) is -0.644. The maximum atomic E-state index is 12.4. The molecule has 118 valence electrons. The molecule has 0 N–H and O–H groups in total. The van der Waals surface area contributed by atoms with Crippen LogP contribution < -0.4 is 4.74 Å². The van der Waals surface area contributed by atoms with Gasteiger partial charge >= 0.3 is 5.97 Å². The molecule has 1 rings (SSSR count). The van der Waals surface area contributed by atoms with Gasteiger partial charge in [0.2, 0.25) is 10.0 Å². The fraction of sp³-hybridized carbons (Fsp3) is 0.462. The normalized spacial score (nSPS) is 13.0. The Morgan fingerprint density at radius 3 is 2.48 bits per heavy atom. The molecule has 0 aliphatic heterocycles. The van der Waals surface area contributed by atoms with Crippen LogP contribution in [0.3, 0.4) is 0 Å². The van der Waals surface area contributed by atoms with Crippen molar-refractivity contribution < 1.29 is 22.7 Å². The number of hydrogen-bond donors (Lipinski definition) is 0. The number of ether oxygens (including phenoxy) is 2. The Labute approximate surface area is 129 Å². The molecule has 0 aliphatic carbocycles. The lowest BCUT2D eigenvalue weighted by atomic mass is 10.2. The molecule has 1 unspecified atom stereocenters. The molecule has 0 aliphatic rings. The van der Waals surface area contributed by atoms with Crippen molar-refractivity contribution in [2.45, 2.75) is 11.8 Å². The van der Waals surface area contributed by atoms with E-state index in [1.54, 1.807) is 6.92 Å². The second-order valence-corrected chi connectivity index (χ2v) is 6.96. The molecule has 0 fully saturated rings. The first kappa shape index (κ1) is 17.7. The van der Waals surface area contributed by atoms with E-state index in [-0.39, 0.29) is 16.5 Å². The molecule has 0 saturated carbocycles. The minimum Gasteiger partial charge on any atom is -0.495 e. The van der Waals surface area contributed by atoms with Crippen LogP contribution in [-0.2, 0) is 19.6 Å². The third-order valence-electron chi connectivity index (χ3n) is 2.97. The number of rotatable bonds is 6. The largest absolute Gasteiger partial charge is 0.495 e. The van der Waals surface area contributed by atoms with Crippen LogP contribution in [-0.4, -0.2) is 46.5 Å². The number of carbonyl (C=O) groups is 1. The van der Waals surface area contributed by atoms with Gasteiger partial charge in [-0.3, -0.25) is 4.79 Å². The first-order valence-electron chi connectivity index (χ1n) is 6.11. The van der Waals surface area contributed by atoms with E-state index in [1.807, 2.05) is 0 Å². The van der Waals surface area contributed by atoms with Crippen molar-refractivity contribution in [2.24, 2.45) is 5.92 Å². The lowest BCUT2D eigenvalue weighted by Crippen LogP contribution is -2.34. The highest BCUT2D eigenvalue weighted by molar-refractivity contribution is 7.89. The summed E-state index contributed by atoms with van der Waals surface area (Å²) in [7, 11) is 0.363. The number of halogens is 1. The average molecular weight is 336 g/mol. The van der Waals surface area contributed by atoms with Crippen LogP contribution in [0, 0.1) is 5.92 Å². The van der Waals surface area contributed by atoms with E-state index < -0.39 is 21.9 Å². The van der Waals surface area contributed by atoms with E-state index in [9.17, 15) is 13.2 Å². The van der Waals surface area contributed by atoms with Crippen LogP contribution in [0.25, 0.3) is 0 Å². The molecule has 21 heavy (non-hydrogen) atoms. The van der Waals surface area contributed by atoms with Crippen molar-refractivity contribution >= 4 is 27.6 Å². The summed E-state index contributed by atoms with van der Waals surface area (Å²) in [6.07, 6.45) is 0. The minimum atomic E-state index is -3.74. The summed E-state index contributed by atoms with van der Waals surface area (Å²) in [6.45, 7) is 1.61. The van der Waals surface area contributed by atoms with Gasteiger partial charge in [0, 0.05) is 13.6 Å². The molecule has 1 atom stereocenters. The van der Waals surface area contributed by atoms with Gasteiger partial charge < -0.3 is 9.47 Å². The molecule has 0 bridgehead atoms. The lowest BCUT2D eigenvalue weighted by molar-refractivity contribution is -0.144. The predicted octanol–water partition coefficient (Wildman–Crippen LogP) is 1.78. The van der Waals surface area contributed by atoms with Crippen LogP contribution >= 0.6 is 11.6 Å². The Balaban J connectivity index is 2.99. The molecule has 0 heterocycles. The number of sulfonamides is 1. The van der Waals surface area contributed by atoms with E-state index >= 15 is 0 Å². The zero-order chi connectivity index (χ0) is 16.2. The van der Waals surface area contributed by atoms with Crippen molar-refractivity contribution in [3.05, 3.63) is 23.2 Å². The summed E-state index contributed by atoms with van der Waals surface area (Å²) in [5.41, 5.74) is 0. The van der Waals surface area contributed by atoms with Crippen molar-refractivity contribution in [2.75, 3.05) is 27.8 Å². The number of benzene rings is 1. The predicted molar refractivity (Wildman–Crippen MR) is 79.0 cm³/mol. The molecule has 0 spiro atoms. The van der Waals surface area contributed by atoms with Crippen molar-refractivity contribution in [1.29, 1.82) is 0 Å².